The molecule has 10 N–H and O–H groups in total. The van der Waals surface area contributed by atoms with Crippen molar-refractivity contribution in [2.24, 2.45) is 0 Å². The molecule has 1 aromatic heterocycles. The van der Waals surface area contributed by atoms with Crippen molar-refractivity contribution >= 4 is 23.0 Å². The molecule has 2 aliphatic heterocycles. The van der Waals surface area contributed by atoms with Crippen molar-refractivity contribution in [3.63, 3.8) is 0 Å². The summed E-state index contributed by atoms with van der Waals surface area (Å²) in [5.74, 6) is -4.71. The molecule has 6 rings (SSSR count). The molecular formula is C35H34O18. The zero-order valence-corrected chi connectivity index (χ0v) is 27.2. The van der Waals surface area contributed by atoms with Gasteiger partial charge in [0.05, 0.1) is 13.2 Å². The third-order valence-electron chi connectivity index (χ3n) is 8.47. The highest BCUT2D eigenvalue weighted by atomic mass is 16.7. The summed E-state index contributed by atoms with van der Waals surface area (Å²) in [7, 11) is 0. The van der Waals surface area contributed by atoms with Gasteiger partial charge in [-0.1, -0.05) is 12.1 Å². The maximum absolute atomic E-state index is 14.0. The van der Waals surface area contributed by atoms with Crippen LogP contribution in [-0.2, 0) is 23.7 Å². The number of hydrogen-bond acceptors (Lipinski definition) is 18. The molecule has 53 heavy (non-hydrogen) atoms. The molecule has 0 amide bonds. The lowest BCUT2D eigenvalue weighted by atomic mass is 9.98. The minimum Gasteiger partial charge on any atom is -0.508 e. The van der Waals surface area contributed by atoms with E-state index in [2.05, 4.69) is 0 Å². The Morgan fingerprint density at radius 3 is 2.25 bits per heavy atom. The Kier molecular flexibility index (Phi) is 10.8. The fraction of sp³-hybridized carbons (Fsp3) is 0.314. The Labute approximate surface area is 297 Å². The molecule has 2 fully saturated rings. The molecule has 282 valence electrons. The summed E-state index contributed by atoms with van der Waals surface area (Å²) in [4.78, 5) is 27.0. The van der Waals surface area contributed by atoms with E-state index in [1.807, 2.05) is 0 Å². The second-order valence-electron chi connectivity index (χ2n) is 12.2. The molecule has 18 nitrogen and oxygen atoms in total. The molecule has 0 saturated carbocycles. The van der Waals surface area contributed by atoms with Gasteiger partial charge in [-0.05, 0) is 42.0 Å². The highest BCUT2D eigenvalue weighted by molar-refractivity contribution is 5.89. The smallest absolute Gasteiger partial charge is 0.331 e. The van der Waals surface area contributed by atoms with Gasteiger partial charge in [0.2, 0.25) is 17.5 Å². The molecule has 2 saturated heterocycles. The van der Waals surface area contributed by atoms with Crippen molar-refractivity contribution < 1.29 is 84.0 Å². The Morgan fingerprint density at radius 1 is 0.792 bits per heavy atom. The first-order chi connectivity index (χ1) is 25.2. The van der Waals surface area contributed by atoms with Crippen LogP contribution in [0, 0.1) is 0 Å². The van der Waals surface area contributed by atoms with Crippen LogP contribution in [0.4, 0.5) is 0 Å². The maximum Gasteiger partial charge on any atom is 0.331 e. The molecule has 0 radical (unpaired) electrons. The standard InChI is InChI=1S/C35H34O18/c36-16-5-1-14(2-6-16)3-8-24(42)52-33-29(46)27(44)23(13-49-34-30(47)26(43)21(41)12-48-34)51-35(33)53-32-28(45)25-20(40)10-17(37)11-22(25)50-31(32)15-4-7-18(38)19(39)9-15/h1-11,21,23,26-27,29-30,33-41,43-44,46-47H,12-13H2/b8-3+/t21-,23-,26+,27+,29+,30-,33-,34+,35+/m1/s1. The van der Waals surface area contributed by atoms with E-state index >= 15 is 0 Å². The molecule has 3 aromatic carbocycles. The summed E-state index contributed by atoms with van der Waals surface area (Å²) in [6, 6.07) is 10.9. The van der Waals surface area contributed by atoms with Crippen LogP contribution in [-0.4, -0.2) is 126 Å². The first-order valence-electron chi connectivity index (χ1n) is 15.9. The van der Waals surface area contributed by atoms with Gasteiger partial charge in [0.1, 0.15) is 64.8 Å². The number of phenolic OH excluding ortho intramolecular Hbond substituents is 5. The van der Waals surface area contributed by atoms with Crippen LogP contribution in [0.5, 0.6) is 34.5 Å². The molecule has 4 aromatic rings. The predicted octanol–water partition coefficient (Wildman–Crippen LogP) is -0.106. The normalized spacial score (nSPS) is 27.5. The predicted molar refractivity (Wildman–Crippen MR) is 177 cm³/mol. The average molecular weight is 743 g/mol. The van der Waals surface area contributed by atoms with E-state index in [9.17, 15) is 60.7 Å². The molecular weight excluding hydrogens is 708 g/mol. The minimum absolute atomic E-state index is 0.0248. The van der Waals surface area contributed by atoms with Crippen LogP contribution in [0.3, 0.4) is 0 Å². The van der Waals surface area contributed by atoms with Crippen LogP contribution in [0.1, 0.15) is 5.56 Å². The fourth-order valence-corrected chi connectivity index (χ4v) is 5.65. The van der Waals surface area contributed by atoms with Gasteiger partial charge in [0.25, 0.3) is 0 Å². The lowest BCUT2D eigenvalue weighted by molar-refractivity contribution is -0.308. The number of carbonyl (C=O) groups excluding carboxylic acids is 1. The summed E-state index contributed by atoms with van der Waals surface area (Å²) in [5.41, 5.74) is -1.03. The number of ether oxygens (including phenoxy) is 5. The molecule has 2 aliphatic rings. The number of aliphatic hydroxyl groups is 5. The van der Waals surface area contributed by atoms with Gasteiger partial charge >= 0.3 is 5.97 Å². The van der Waals surface area contributed by atoms with E-state index in [0.29, 0.717) is 5.56 Å². The molecule has 0 bridgehead atoms. The van der Waals surface area contributed by atoms with E-state index in [1.54, 1.807) is 0 Å². The molecule has 3 heterocycles. The van der Waals surface area contributed by atoms with E-state index in [1.165, 1.54) is 36.4 Å². The Hall–Kier alpha value is -5.44. The Morgan fingerprint density at radius 2 is 1.53 bits per heavy atom. The van der Waals surface area contributed by atoms with Crippen molar-refractivity contribution in [2.45, 2.75) is 55.3 Å². The second kappa shape index (κ2) is 15.3. The van der Waals surface area contributed by atoms with Crippen molar-refractivity contribution in [3.05, 3.63) is 76.5 Å². The first kappa shape index (κ1) is 37.3. The number of rotatable bonds is 9. The summed E-state index contributed by atoms with van der Waals surface area (Å²) < 4.78 is 33.8. The number of hydrogen-bond donors (Lipinski definition) is 10. The van der Waals surface area contributed by atoms with E-state index in [0.717, 1.165) is 30.3 Å². The summed E-state index contributed by atoms with van der Waals surface area (Å²) >= 11 is 0. The minimum atomic E-state index is -2.02. The number of benzene rings is 3. The van der Waals surface area contributed by atoms with Crippen molar-refractivity contribution in [2.75, 3.05) is 13.2 Å². The highest BCUT2D eigenvalue weighted by Crippen LogP contribution is 2.40. The summed E-state index contributed by atoms with van der Waals surface area (Å²) in [6.45, 7) is -1.09. The first-order valence-corrected chi connectivity index (χ1v) is 15.9. The highest BCUT2D eigenvalue weighted by Gasteiger charge is 2.49. The van der Waals surface area contributed by atoms with Crippen molar-refractivity contribution in [1.29, 1.82) is 0 Å². The number of fused-ring (bicyclic) bond motifs is 1. The topological polar surface area (TPSA) is 296 Å². The zero-order chi connectivity index (χ0) is 38.1. The van der Waals surface area contributed by atoms with Gasteiger partial charge in [-0.2, -0.15) is 0 Å². The number of phenols is 5. The van der Waals surface area contributed by atoms with Crippen LogP contribution in [0.15, 0.2) is 69.9 Å². The monoisotopic (exact) mass is 742 g/mol. The SMILES string of the molecule is O=C(/C=C/c1ccc(O)cc1)O[C@H]1[C@H](Oc2c(-c3ccc(O)c(O)c3)oc3cc(O)cc(O)c3c2=O)O[C@H](CO[C@@H]2OC[C@@H](O)[C@H](O)[C@H]2O)[C@H](O)[C@@H]1O. The van der Waals surface area contributed by atoms with Gasteiger partial charge in [-0.3, -0.25) is 4.79 Å². The second-order valence-corrected chi connectivity index (χ2v) is 12.2. The summed E-state index contributed by atoms with van der Waals surface area (Å²) in [5, 5.41) is 102. The molecule has 0 spiro atoms. The lowest BCUT2D eigenvalue weighted by Crippen LogP contribution is -2.62. The Balaban J connectivity index is 1.37. The van der Waals surface area contributed by atoms with Gasteiger partial charge < -0.3 is 79.2 Å². The quantitative estimate of drug-likeness (QED) is 0.0608. The largest absolute Gasteiger partial charge is 0.508 e. The number of carbonyl (C=O) groups is 1. The third-order valence-corrected chi connectivity index (χ3v) is 8.47. The van der Waals surface area contributed by atoms with E-state index < -0.39 is 120 Å². The summed E-state index contributed by atoms with van der Waals surface area (Å²) in [6.07, 6.45) is -13.4. The van der Waals surface area contributed by atoms with E-state index in [-0.39, 0.29) is 16.9 Å². The zero-order valence-electron chi connectivity index (χ0n) is 27.2. The Bertz CT molecular complexity index is 2040. The number of aliphatic hydroxyl groups excluding tert-OH is 5. The van der Waals surface area contributed by atoms with Crippen LogP contribution < -0.4 is 10.2 Å². The van der Waals surface area contributed by atoms with Gasteiger partial charge in [-0.15, -0.1) is 0 Å². The van der Waals surface area contributed by atoms with Gasteiger partial charge in [0.15, 0.2) is 29.7 Å². The van der Waals surface area contributed by atoms with Crippen molar-refractivity contribution in [3.8, 4) is 45.8 Å². The molecule has 18 heteroatoms. The molecule has 0 aliphatic carbocycles. The average Bonchev–Trinajstić information content (AvgIpc) is 3.12. The van der Waals surface area contributed by atoms with Gasteiger partial charge in [0, 0.05) is 23.8 Å². The van der Waals surface area contributed by atoms with E-state index in [4.69, 9.17) is 28.1 Å². The molecule has 9 atom stereocenters. The molecule has 0 unspecified atom stereocenters. The van der Waals surface area contributed by atoms with Crippen LogP contribution in [0.25, 0.3) is 28.4 Å². The van der Waals surface area contributed by atoms with Crippen molar-refractivity contribution in [1.82, 2.24) is 0 Å². The van der Waals surface area contributed by atoms with Crippen LogP contribution >= 0.6 is 0 Å². The lowest BCUT2D eigenvalue weighted by Gasteiger charge is -2.42. The number of esters is 1. The number of aromatic hydroxyl groups is 5. The van der Waals surface area contributed by atoms with Crippen LogP contribution in [0.2, 0.25) is 0 Å². The fourth-order valence-electron chi connectivity index (χ4n) is 5.65. The third kappa shape index (κ3) is 7.84. The maximum atomic E-state index is 14.0. The van der Waals surface area contributed by atoms with Gasteiger partial charge in [-0.25, -0.2) is 4.79 Å².